The molecule has 0 aliphatic heterocycles. The summed E-state index contributed by atoms with van der Waals surface area (Å²) in [6.07, 6.45) is 8.26. The molecule has 1 aromatic carbocycles. The predicted octanol–water partition coefficient (Wildman–Crippen LogP) is 3.81. The Hall–Kier alpha value is -2.04. The van der Waals surface area contributed by atoms with Crippen LogP contribution in [0, 0.1) is 5.92 Å². The van der Waals surface area contributed by atoms with Gasteiger partial charge in [0.05, 0.1) is 11.0 Å². The second-order valence-corrected chi connectivity index (χ2v) is 8.02. The summed E-state index contributed by atoms with van der Waals surface area (Å²) in [6, 6.07) is 6.12. The summed E-state index contributed by atoms with van der Waals surface area (Å²) in [5.41, 5.74) is 2.72. The van der Waals surface area contributed by atoms with Crippen LogP contribution in [0.15, 0.2) is 23.0 Å². The van der Waals surface area contributed by atoms with Crippen molar-refractivity contribution in [1.82, 2.24) is 14.0 Å². The summed E-state index contributed by atoms with van der Waals surface area (Å²) in [6.45, 7) is 3.43. The molecule has 0 spiro atoms. The molecule has 1 heterocycles. The number of benzene rings is 1. The number of nitrogens with zero attached hydrogens (tertiary/aromatic N) is 3. The highest BCUT2D eigenvalue weighted by molar-refractivity contribution is 5.97. The standard InChI is InChI=1S/C21H29N3O2/c1-3-22(2)20(25)16-11-12-18-19(13-16)23(14-15-9-10-15)21(26)24(18)17-7-5-4-6-8-17/h11-13,15,17H,3-10,14H2,1-2H3. The van der Waals surface area contributed by atoms with E-state index in [1.807, 2.05) is 41.3 Å². The SMILES string of the molecule is CCN(C)C(=O)c1ccc2c(c1)n(CC1CC1)c(=O)n2C1CCCCC1. The number of hydrogen-bond donors (Lipinski definition) is 0. The van der Waals surface area contributed by atoms with Crippen molar-refractivity contribution in [2.45, 2.75) is 64.5 Å². The van der Waals surface area contributed by atoms with E-state index < -0.39 is 0 Å². The maximum absolute atomic E-state index is 13.3. The molecule has 26 heavy (non-hydrogen) atoms. The molecule has 5 heteroatoms. The number of carbonyl (C=O) groups is 1. The van der Waals surface area contributed by atoms with E-state index in [0.29, 0.717) is 24.1 Å². The zero-order valence-corrected chi connectivity index (χ0v) is 15.9. The van der Waals surface area contributed by atoms with Gasteiger partial charge < -0.3 is 4.90 Å². The quantitative estimate of drug-likeness (QED) is 0.819. The van der Waals surface area contributed by atoms with Crippen molar-refractivity contribution in [3.8, 4) is 0 Å². The molecule has 0 N–H and O–H groups in total. The number of hydrogen-bond acceptors (Lipinski definition) is 2. The molecular weight excluding hydrogens is 326 g/mol. The summed E-state index contributed by atoms with van der Waals surface area (Å²) >= 11 is 0. The van der Waals surface area contributed by atoms with Crippen LogP contribution < -0.4 is 5.69 Å². The first-order valence-corrected chi connectivity index (χ1v) is 10.1. The smallest absolute Gasteiger partial charge is 0.329 e. The minimum Gasteiger partial charge on any atom is -0.342 e. The van der Waals surface area contributed by atoms with Gasteiger partial charge in [0.1, 0.15) is 0 Å². The number of carbonyl (C=O) groups excluding carboxylic acids is 1. The van der Waals surface area contributed by atoms with Gasteiger partial charge in [-0.2, -0.15) is 0 Å². The molecule has 2 aromatic rings. The number of amides is 1. The Labute approximate surface area is 154 Å². The van der Waals surface area contributed by atoms with Gasteiger partial charge in [-0.3, -0.25) is 13.9 Å². The van der Waals surface area contributed by atoms with Crippen molar-refractivity contribution in [2.75, 3.05) is 13.6 Å². The molecule has 0 atom stereocenters. The summed E-state index contributed by atoms with van der Waals surface area (Å²) < 4.78 is 3.96. The van der Waals surface area contributed by atoms with Crippen LogP contribution in [0.5, 0.6) is 0 Å². The maximum atomic E-state index is 13.3. The monoisotopic (exact) mass is 355 g/mol. The largest absolute Gasteiger partial charge is 0.342 e. The maximum Gasteiger partial charge on any atom is 0.329 e. The molecule has 2 aliphatic rings. The number of fused-ring (bicyclic) bond motifs is 1. The van der Waals surface area contributed by atoms with Gasteiger partial charge in [0.25, 0.3) is 5.91 Å². The lowest BCUT2D eigenvalue weighted by Gasteiger charge is -2.23. The first-order valence-electron chi connectivity index (χ1n) is 10.1. The second kappa shape index (κ2) is 6.93. The van der Waals surface area contributed by atoms with Crippen LogP contribution in [-0.4, -0.2) is 33.5 Å². The first-order chi connectivity index (χ1) is 12.6. The van der Waals surface area contributed by atoms with Gasteiger partial charge >= 0.3 is 5.69 Å². The van der Waals surface area contributed by atoms with Crippen LogP contribution >= 0.6 is 0 Å². The number of imidazole rings is 1. The van der Waals surface area contributed by atoms with Crippen molar-refractivity contribution in [3.63, 3.8) is 0 Å². The van der Waals surface area contributed by atoms with Gasteiger partial charge in [-0.15, -0.1) is 0 Å². The van der Waals surface area contributed by atoms with Crippen molar-refractivity contribution in [3.05, 3.63) is 34.2 Å². The highest BCUT2D eigenvalue weighted by atomic mass is 16.2. The predicted molar refractivity (Wildman–Crippen MR) is 104 cm³/mol. The van der Waals surface area contributed by atoms with Crippen LogP contribution in [0.2, 0.25) is 0 Å². The summed E-state index contributed by atoms with van der Waals surface area (Å²) in [5, 5.41) is 0. The van der Waals surface area contributed by atoms with Crippen LogP contribution in [-0.2, 0) is 6.54 Å². The van der Waals surface area contributed by atoms with Crippen LogP contribution in [0.1, 0.15) is 68.3 Å². The Kier molecular flexibility index (Phi) is 4.63. The van der Waals surface area contributed by atoms with E-state index >= 15 is 0 Å². The third kappa shape index (κ3) is 3.08. The average Bonchev–Trinajstić information content (AvgIpc) is 3.45. The first kappa shape index (κ1) is 17.4. The number of aromatic nitrogens is 2. The minimum atomic E-state index is 0.0187. The molecule has 0 unspecified atom stereocenters. The normalized spacial score (nSPS) is 18.4. The molecule has 2 saturated carbocycles. The fourth-order valence-corrected chi connectivity index (χ4v) is 4.20. The topological polar surface area (TPSA) is 47.2 Å². The molecule has 2 aliphatic carbocycles. The van der Waals surface area contributed by atoms with Crippen molar-refractivity contribution >= 4 is 16.9 Å². The van der Waals surface area contributed by atoms with Gasteiger partial charge in [-0.1, -0.05) is 19.3 Å². The van der Waals surface area contributed by atoms with Gasteiger partial charge in [0.2, 0.25) is 0 Å². The average molecular weight is 355 g/mol. The highest BCUT2D eigenvalue weighted by Crippen LogP contribution is 2.33. The van der Waals surface area contributed by atoms with E-state index in [0.717, 1.165) is 30.4 Å². The van der Waals surface area contributed by atoms with Crippen LogP contribution in [0.3, 0.4) is 0 Å². The fourth-order valence-electron chi connectivity index (χ4n) is 4.20. The third-order valence-electron chi connectivity index (χ3n) is 6.11. The molecule has 2 fully saturated rings. The van der Waals surface area contributed by atoms with E-state index in [4.69, 9.17) is 0 Å². The Bertz CT molecular complexity index is 869. The molecule has 1 aromatic heterocycles. The van der Waals surface area contributed by atoms with E-state index in [1.54, 1.807) is 4.90 Å². The number of rotatable bonds is 5. The minimum absolute atomic E-state index is 0.0187. The van der Waals surface area contributed by atoms with Gasteiger partial charge in [0, 0.05) is 31.7 Å². The molecule has 0 bridgehead atoms. The highest BCUT2D eigenvalue weighted by Gasteiger charge is 2.27. The van der Waals surface area contributed by atoms with E-state index in [1.165, 1.54) is 32.1 Å². The van der Waals surface area contributed by atoms with Crippen molar-refractivity contribution < 1.29 is 4.79 Å². The van der Waals surface area contributed by atoms with Crippen molar-refractivity contribution in [2.24, 2.45) is 5.92 Å². The lowest BCUT2D eigenvalue weighted by atomic mass is 9.95. The van der Waals surface area contributed by atoms with Gasteiger partial charge in [-0.25, -0.2) is 4.79 Å². The van der Waals surface area contributed by atoms with Crippen LogP contribution in [0.4, 0.5) is 0 Å². The molecule has 5 nitrogen and oxygen atoms in total. The van der Waals surface area contributed by atoms with E-state index in [9.17, 15) is 9.59 Å². The summed E-state index contributed by atoms with van der Waals surface area (Å²) in [4.78, 5) is 27.6. The molecule has 140 valence electrons. The third-order valence-corrected chi connectivity index (χ3v) is 6.11. The lowest BCUT2D eigenvalue weighted by molar-refractivity contribution is 0.0802. The van der Waals surface area contributed by atoms with Gasteiger partial charge in [-0.05, 0) is 56.7 Å². The zero-order chi connectivity index (χ0) is 18.3. The Morgan fingerprint density at radius 1 is 1.12 bits per heavy atom. The lowest BCUT2D eigenvalue weighted by Crippen LogP contribution is -2.29. The van der Waals surface area contributed by atoms with Crippen LogP contribution in [0.25, 0.3) is 11.0 Å². The second-order valence-electron chi connectivity index (χ2n) is 8.02. The Balaban J connectivity index is 1.83. The Morgan fingerprint density at radius 3 is 2.50 bits per heavy atom. The molecule has 1 amide bonds. The fraction of sp³-hybridized carbons (Fsp3) is 0.619. The summed E-state index contributed by atoms with van der Waals surface area (Å²) in [5.74, 6) is 0.640. The van der Waals surface area contributed by atoms with Gasteiger partial charge in [0.15, 0.2) is 0 Å². The molecule has 0 radical (unpaired) electrons. The van der Waals surface area contributed by atoms with Crippen molar-refractivity contribution in [1.29, 1.82) is 0 Å². The zero-order valence-electron chi connectivity index (χ0n) is 15.9. The molecule has 0 saturated heterocycles. The molecular formula is C21H29N3O2. The summed E-state index contributed by atoms with van der Waals surface area (Å²) in [7, 11) is 1.82. The molecule has 4 rings (SSSR count). The van der Waals surface area contributed by atoms with E-state index in [2.05, 4.69) is 0 Å². The van der Waals surface area contributed by atoms with E-state index in [-0.39, 0.29) is 11.6 Å². The Morgan fingerprint density at radius 2 is 1.85 bits per heavy atom.